The van der Waals surface area contributed by atoms with Crippen molar-refractivity contribution in [3.8, 4) is 5.75 Å². The number of hydrogen-bond donors (Lipinski definition) is 0. The molecule has 0 saturated heterocycles. The van der Waals surface area contributed by atoms with Crippen LogP contribution in [-0.4, -0.2) is 24.7 Å². The van der Waals surface area contributed by atoms with Crippen LogP contribution in [0.1, 0.15) is 38.6 Å². The van der Waals surface area contributed by atoms with Gasteiger partial charge in [-0.25, -0.2) is 8.42 Å². The van der Waals surface area contributed by atoms with Crippen LogP contribution in [0, 0.1) is 0 Å². The number of nitrogens with one attached hydrogen (secondary N) is 1. The van der Waals surface area contributed by atoms with Crippen molar-refractivity contribution in [1.82, 2.24) is 14.8 Å². The van der Waals surface area contributed by atoms with Crippen LogP contribution in [0.15, 0.2) is 40.0 Å². The summed E-state index contributed by atoms with van der Waals surface area (Å²) in [7, 11) is -3.93. The van der Waals surface area contributed by atoms with Gasteiger partial charge in [-0.3, -0.25) is 9.89 Å². The van der Waals surface area contributed by atoms with E-state index < -0.39 is 10.0 Å². The molecule has 0 atom stereocenters. The van der Waals surface area contributed by atoms with E-state index in [1.807, 2.05) is 19.1 Å². The number of rotatable bonds is 5. The molecule has 1 radical (unpaired) electrons. The van der Waals surface area contributed by atoms with Crippen LogP contribution < -0.4 is 15.5 Å². The van der Waals surface area contributed by atoms with E-state index in [9.17, 15) is 13.2 Å². The Hall–Kier alpha value is -1.88. The van der Waals surface area contributed by atoms with E-state index in [1.165, 1.54) is 12.1 Å². The summed E-state index contributed by atoms with van der Waals surface area (Å²) in [5, 5.41) is 14.2. The maximum absolute atomic E-state index is 11.2. The molecule has 0 spiro atoms. The smallest absolute Gasteiger partial charge is 0.560 e. The summed E-state index contributed by atoms with van der Waals surface area (Å²) in [4.78, 5) is 11.1. The van der Waals surface area contributed by atoms with Gasteiger partial charge in [0.25, 0.3) is 0 Å². The van der Waals surface area contributed by atoms with Gasteiger partial charge in [-0.2, -0.15) is 0 Å². The number of aromatic nitrogens is 3. The molecule has 1 N–H and O–H groups in total. The van der Waals surface area contributed by atoms with Crippen LogP contribution in [-0.2, 0) is 26.8 Å². The molecule has 1 saturated carbocycles. The largest absolute Gasteiger partial charge is 2.00 e. The number of para-hydroxylation sites is 1. The van der Waals surface area contributed by atoms with Gasteiger partial charge >= 0.3 is 16.8 Å². The van der Waals surface area contributed by atoms with Gasteiger partial charge in [0.2, 0.25) is 0 Å². The Morgan fingerprint density at radius 3 is 2.58 bits per heavy atom. The van der Waals surface area contributed by atoms with Crippen molar-refractivity contribution in [2.24, 2.45) is 0 Å². The zero-order valence-electron chi connectivity index (χ0n) is 14.4. The third kappa shape index (κ3) is 5.83. The molecule has 0 bridgehead atoms. The van der Waals surface area contributed by atoms with Gasteiger partial charge in [0.05, 0.1) is 17.3 Å². The zero-order valence-corrected chi connectivity index (χ0v) is 16.2. The second kappa shape index (κ2) is 9.71. The normalized spacial score (nSPS) is 13.7. The summed E-state index contributed by atoms with van der Waals surface area (Å²) in [6.07, 6.45) is 5.84. The molecule has 10 heteroatoms. The first-order valence-electron chi connectivity index (χ1n) is 7.84. The minimum absolute atomic E-state index is 0. The Morgan fingerprint density at radius 2 is 2.04 bits per heavy atom. The van der Waals surface area contributed by atoms with E-state index in [-0.39, 0.29) is 33.1 Å². The molecule has 1 aliphatic rings. The van der Waals surface area contributed by atoms with E-state index in [4.69, 9.17) is 9.88 Å². The molecule has 1 aromatic carbocycles. The van der Waals surface area contributed by atoms with Gasteiger partial charge in [0.1, 0.15) is 15.8 Å². The summed E-state index contributed by atoms with van der Waals surface area (Å²) in [6, 6.07) is 6.47. The molecule has 143 valence electrons. The van der Waals surface area contributed by atoms with Gasteiger partial charge < -0.3 is 19.5 Å². The van der Waals surface area contributed by atoms with Crippen LogP contribution in [0.2, 0.25) is 0 Å². The van der Waals surface area contributed by atoms with Crippen molar-refractivity contribution >= 4 is 16.1 Å². The maximum atomic E-state index is 11.2. The Morgan fingerprint density at radius 1 is 1.38 bits per heavy atom. The van der Waals surface area contributed by atoms with Gasteiger partial charge in [0, 0.05) is 0 Å². The number of nitrogens with zero attached hydrogens (tertiary/aromatic N) is 3. The molecule has 0 aliphatic heterocycles. The van der Waals surface area contributed by atoms with Crippen LogP contribution in [0.25, 0.3) is 11.2 Å². The zero-order chi connectivity index (χ0) is 18.4. The van der Waals surface area contributed by atoms with Crippen molar-refractivity contribution in [2.75, 3.05) is 6.61 Å². The summed E-state index contributed by atoms with van der Waals surface area (Å²) in [5.74, 6) is 0.921. The number of allylic oxidation sites excluding steroid dienone is 1. The van der Waals surface area contributed by atoms with Crippen LogP contribution in [0.4, 0.5) is 0 Å². The third-order valence-corrected chi connectivity index (χ3v) is 4.27. The standard InChI is InChI=1S/C8H11N3O.C8H10NO3S.Co/c1-2-3-7-9-10-8(12)11(7)6-4-5-6;1-2-12-7-5-3-4-6-8(7)13(9,10)11;/h2-3,6H,4-5H2,1H3,(H,10,12);3-6H,2H2,1H3,(H-,9,10,11);/q;-1;+2/p-1/b3-2+;;. The molecule has 8 nitrogen and oxygen atoms in total. The van der Waals surface area contributed by atoms with Gasteiger partial charge in [-0.1, -0.05) is 31.1 Å². The fraction of sp³-hybridized carbons (Fsp3) is 0.375. The van der Waals surface area contributed by atoms with E-state index in [0.29, 0.717) is 18.5 Å². The summed E-state index contributed by atoms with van der Waals surface area (Å²) in [5.41, 5.74) is -0.217. The Labute approximate surface area is 162 Å². The van der Waals surface area contributed by atoms with Crippen molar-refractivity contribution in [2.45, 2.75) is 37.6 Å². The van der Waals surface area contributed by atoms with Crippen molar-refractivity contribution in [3.05, 3.63) is 51.8 Å². The number of hydrogen-bond acceptors (Lipinski definition) is 5. The SMILES string of the molecule is C/C=C/c1n[n-]c(=O)n1C1CC1.CCOc1ccccc1S([NH-])(=O)=O.[Co+2]. The average Bonchev–Trinajstić information content (AvgIpc) is 3.32. The first-order valence-corrected chi connectivity index (χ1v) is 9.32. The quantitative estimate of drug-likeness (QED) is 0.729. The van der Waals surface area contributed by atoms with Crippen LogP contribution >= 0.6 is 0 Å². The van der Waals surface area contributed by atoms with E-state index in [1.54, 1.807) is 23.6 Å². The Bertz CT molecular complexity index is 901. The molecule has 0 unspecified atom stereocenters. The topological polar surface area (TPSA) is 116 Å². The summed E-state index contributed by atoms with van der Waals surface area (Å²) >= 11 is 0. The summed E-state index contributed by atoms with van der Waals surface area (Å²) < 4.78 is 28.6. The fourth-order valence-electron chi connectivity index (χ4n) is 2.17. The molecule has 1 aliphatic carbocycles. The fourth-order valence-corrected chi connectivity index (χ4v) is 2.82. The second-order valence-electron chi connectivity index (χ2n) is 5.33. The molecule has 0 amide bonds. The molecule has 2 aromatic rings. The molecule has 1 fully saturated rings. The summed E-state index contributed by atoms with van der Waals surface area (Å²) in [6.45, 7) is 4.04. The van der Waals surface area contributed by atoms with Crippen molar-refractivity contribution in [1.29, 1.82) is 0 Å². The average molecular weight is 423 g/mol. The molecule has 1 heterocycles. The van der Waals surface area contributed by atoms with Gasteiger partial charge in [-0.05, 0) is 38.1 Å². The minimum atomic E-state index is -3.93. The first-order chi connectivity index (χ1) is 11.9. The predicted octanol–water partition coefficient (Wildman–Crippen LogP) is 2.39. The van der Waals surface area contributed by atoms with Gasteiger partial charge in [-0.15, -0.1) is 0 Å². The molecule has 1 aromatic heterocycles. The van der Waals surface area contributed by atoms with E-state index in [0.717, 1.165) is 12.8 Å². The Balaban J connectivity index is 0.000000251. The van der Waals surface area contributed by atoms with Gasteiger partial charge in [0.15, 0.2) is 5.69 Å². The number of sulfonamides is 1. The predicted molar refractivity (Wildman–Crippen MR) is 93.9 cm³/mol. The first kappa shape index (κ1) is 22.2. The molecular weight excluding hydrogens is 403 g/mol. The molecule has 3 rings (SSSR count). The number of ether oxygens (including phenoxy) is 1. The Kier molecular flexibility index (Phi) is 8.28. The third-order valence-electron chi connectivity index (χ3n) is 3.36. The van der Waals surface area contributed by atoms with E-state index in [2.05, 4.69) is 10.2 Å². The molecular formula is C16H20CoN4O4S. The van der Waals surface area contributed by atoms with Crippen molar-refractivity contribution in [3.63, 3.8) is 0 Å². The minimum Gasteiger partial charge on any atom is -0.560 e. The second-order valence-corrected chi connectivity index (χ2v) is 6.77. The van der Waals surface area contributed by atoms with Crippen molar-refractivity contribution < 1.29 is 29.9 Å². The monoisotopic (exact) mass is 423 g/mol. The van der Waals surface area contributed by atoms with Crippen LogP contribution in [0.3, 0.4) is 0 Å². The van der Waals surface area contributed by atoms with Crippen LogP contribution in [0.5, 0.6) is 5.75 Å². The number of benzene rings is 1. The van der Waals surface area contributed by atoms with E-state index >= 15 is 0 Å². The maximum Gasteiger partial charge on any atom is 2.00 e. The molecule has 26 heavy (non-hydrogen) atoms.